The lowest BCUT2D eigenvalue weighted by molar-refractivity contribution is -0.132. The average molecular weight is 426 g/mol. The first-order valence-corrected chi connectivity index (χ1v) is 12.0. The van der Waals surface area contributed by atoms with Crippen LogP contribution in [0.1, 0.15) is 76.9 Å². The molecule has 6 heteroatoms. The van der Waals surface area contributed by atoms with E-state index in [0.29, 0.717) is 49.0 Å². The number of aromatic nitrogens is 1. The number of nitrogens with zero attached hydrogens (tertiary/aromatic N) is 2. The van der Waals surface area contributed by atoms with Crippen LogP contribution in [0.2, 0.25) is 0 Å². The molecule has 0 saturated heterocycles. The van der Waals surface area contributed by atoms with Crippen LogP contribution in [0, 0.1) is 28.6 Å². The van der Waals surface area contributed by atoms with E-state index in [-0.39, 0.29) is 10.8 Å². The van der Waals surface area contributed by atoms with Gasteiger partial charge in [0.25, 0.3) is 0 Å². The Bertz CT molecular complexity index is 919. The van der Waals surface area contributed by atoms with Crippen LogP contribution in [-0.2, 0) is 22.6 Å². The molecule has 3 fully saturated rings. The van der Waals surface area contributed by atoms with Crippen molar-refractivity contribution in [2.75, 3.05) is 6.61 Å². The van der Waals surface area contributed by atoms with Crippen molar-refractivity contribution in [3.8, 4) is 0 Å². The first kappa shape index (κ1) is 20.9. The van der Waals surface area contributed by atoms with E-state index in [1.54, 1.807) is 11.8 Å². The minimum Gasteiger partial charge on any atom is -0.444 e. The molecule has 31 heavy (non-hydrogen) atoms. The number of hydrogen-bond donors (Lipinski definition) is 1. The lowest BCUT2D eigenvalue weighted by atomic mass is 9.47. The maximum absolute atomic E-state index is 12.6. The summed E-state index contributed by atoms with van der Waals surface area (Å²) in [6.45, 7) is 5.52. The van der Waals surface area contributed by atoms with Crippen LogP contribution in [-0.4, -0.2) is 23.1 Å². The Labute approximate surface area is 184 Å². The number of hydrogen-bond acceptors (Lipinski definition) is 6. The highest BCUT2D eigenvalue weighted by Crippen LogP contribution is 2.64. The van der Waals surface area contributed by atoms with Crippen molar-refractivity contribution in [1.29, 1.82) is 0 Å². The summed E-state index contributed by atoms with van der Waals surface area (Å²) in [6.07, 6.45) is 13.3. The van der Waals surface area contributed by atoms with Crippen LogP contribution >= 0.6 is 0 Å². The zero-order chi connectivity index (χ0) is 21.6. The summed E-state index contributed by atoms with van der Waals surface area (Å²) in [4.78, 5) is 22.3. The Morgan fingerprint density at radius 1 is 1.16 bits per heavy atom. The number of fused-ring (bicyclic) bond motifs is 5. The molecule has 0 radical (unpaired) electrons. The minimum absolute atomic E-state index is 0.0394. The van der Waals surface area contributed by atoms with Crippen molar-refractivity contribution in [2.24, 2.45) is 39.5 Å². The van der Waals surface area contributed by atoms with Gasteiger partial charge in [-0.15, -0.1) is 0 Å². The SMILES string of the molecule is CC12CCC3C(CCC4=CC(=NOCCc5cnc(CN)o5)CCC43C)C1CCC2=O. The first-order chi connectivity index (χ1) is 14.9. The summed E-state index contributed by atoms with van der Waals surface area (Å²) in [5.41, 5.74) is 8.36. The topological polar surface area (TPSA) is 90.7 Å². The maximum atomic E-state index is 12.6. The number of Topliss-reactive ketones (excluding diaryl/α,β-unsaturated/α-hetero) is 1. The fourth-order valence-corrected chi connectivity index (χ4v) is 7.25. The van der Waals surface area contributed by atoms with Crippen LogP contribution < -0.4 is 5.73 Å². The van der Waals surface area contributed by atoms with Gasteiger partial charge in [-0.1, -0.05) is 24.6 Å². The van der Waals surface area contributed by atoms with Crippen molar-refractivity contribution in [3.63, 3.8) is 0 Å². The Hall–Kier alpha value is -1.95. The molecule has 5 atom stereocenters. The molecule has 0 bridgehead atoms. The molecule has 3 saturated carbocycles. The van der Waals surface area contributed by atoms with Crippen LogP contribution in [0.4, 0.5) is 0 Å². The Balaban J connectivity index is 1.24. The molecule has 0 aliphatic heterocycles. The van der Waals surface area contributed by atoms with Crippen molar-refractivity contribution in [2.45, 2.75) is 78.2 Å². The first-order valence-electron chi connectivity index (χ1n) is 12.0. The van der Waals surface area contributed by atoms with E-state index in [2.05, 4.69) is 30.1 Å². The molecule has 1 heterocycles. The van der Waals surface area contributed by atoms with Crippen molar-refractivity contribution < 1.29 is 14.0 Å². The van der Waals surface area contributed by atoms with E-state index in [1.165, 1.54) is 12.8 Å². The molecular formula is C25H35N3O3. The van der Waals surface area contributed by atoms with Crippen LogP contribution in [0.15, 0.2) is 27.4 Å². The summed E-state index contributed by atoms with van der Waals surface area (Å²) < 4.78 is 5.51. The number of rotatable bonds is 5. The maximum Gasteiger partial charge on any atom is 0.208 e. The molecule has 5 unspecified atom stereocenters. The van der Waals surface area contributed by atoms with E-state index >= 15 is 0 Å². The van der Waals surface area contributed by atoms with Gasteiger partial charge in [0.2, 0.25) is 5.89 Å². The molecule has 6 nitrogen and oxygen atoms in total. The standard InChI is InChI=1S/C25H35N3O3/c1-24-10-7-17(28-30-12-9-18-15-27-23(14-26)31-18)13-16(24)3-4-19-20-5-6-22(29)25(20,2)11-8-21(19)24/h13,15,19-21H,3-12,14,26H2,1-2H3. The summed E-state index contributed by atoms with van der Waals surface area (Å²) in [5.74, 6) is 3.89. The number of ketones is 1. The van der Waals surface area contributed by atoms with Gasteiger partial charge < -0.3 is 15.0 Å². The highest BCUT2D eigenvalue weighted by Gasteiger charge is 2.58. The normalized spacial score (nSPS) is 38.4. The minimum atomic E-state index is -0.0394. The zero-order valence-electron chi connectivity index (χ0n) is 18.9. The molecule has 0 amide bonds. The van der Waals surface area contributed by atoms with Crippen molar-refractivity contribution in [1.82, 2.24) is 4.98 Å². The molecule has 1 aromatic heterocycles. The summed E-state index contributed by atoms with van der Waals surface area (Å²) in [7, 11) is 0. The monoisotopic (exact) mass is 425 g/mol. The molecule has 1 aromatic rings. The van der Waals surface area contributed by atoms with Crippen molar-refractivity contribution >= 4 is 11.5 Å². The molecular weight excluding hydrogens is 390 g/mol. The number of allylic oxidation sites excluding steroid dienone is 2. The third-order valence-corrected chi connectivity index (χ3v) is 9.08. The van der Waals surface area contributed by atoms with Gasteiger partial charge >= 0.3 is 0 Å². The number of oxazole rings is 1. The molecule has 168 valence electrons. The summed E-state index contributed by atoms with van der Waals surface area (Å²) in [6, 6.07) is 0. The Morgan fingerprint density at radius 3 is 2.81 bits per heavy atom. The lowest BCUT2D eigenvalue weighted by Crippen LogP contribution is -2.50. The van der Waals surface area contributed by atoms with Gasteiger partial charge in [0.1, 0.15) is 18.2 Å². The third kappa shape index (κ3) is 3.47. The second kappa shape index (κ2) is 7.88. The molecule has 0 spiro atoms. The van der Waals surface area contributed by atoms with E-state index in [9.17, 15) is 4.79 Å². The van der Waals surface area contributed by atoms with Crippen LogP contribution in [0.5, 0.6) is 0 Å². The van der Waals surface area contributed by atoms with Gasteiger partial charge in [0.15, 0.2) is 0 Å². The molecule has 5 rings (SSSR count). The quantitative estimate of drug-likeness (QED) is 0.551. The number of nitrogens with two attached hydrogens (primary N) is 1. The summed E-state index contributed by atoms with van der Waals surface area (Å²) in [5, 5.41) is 4.43. The van der Waals surface area contributed by atoms with Gasteiger partial charge in [-0.05, 0) is 74.2 Å². The van der Waals surface area contributed by atoms with Crippen molar-refractivity contribution in [3.05, 3.63) is 29.5 Å². The fraction of sp³-hybridized carbons (Fsp3) is 0.720. The summed E-state index contributed by atoms with van der Waals surface area (Å²) >= 11 is 0. The largest absolute Gasteiger partial charge is 0.444 e. The third-order valence-electron chi connectivity index (χ3n) is 9.08. The fourth-order valence-electron chi connectivity index (χ4n) is 7.25. The highest BCUT2D eigenvalue weighted by atomic mass is 16.6. The molecule has 0 aromatic carbocycles. The Kier molecular flexibility index (Phi) is 5.32. The van der Waals surface area contributed by atoms with E-state index < -0.39 is 0 Å². The van der Waals surface area contributed by atoms with Gasteiger partial charge in [-0.25, -0.2) is 4.98 Å². The van der Waals surface area contributed by atoms with Gasteiger partial charge in [0.05, 0.1) is 18.5 Å². The number of carbonyl (C=O) groups excluding carboxylic acids is 1. The Morgan fingerprint density at radius 2 is 2.00 bits per heavy atom. The predicted molar refractivity (Wildman–Crippen MR) is 118 cm³/mol. The van der Waals surface area contributed by atoms with Gasteiger partial charge in [0, 0.05) is 18.3 Å². The van der Waals surface area contributed by atoms with E-state index in [0.717, 1.165) is 50.0 Å². The second-order valence-corrected chi connectivity index (χ2v) is 10.5. The lowest BCUT2D eigenvalue weighted by Gasteiger charge is -2.57. The molecule has 2 N–H and O–H groups in total. The highest BCUT2D eigenvalue weighted by molar-refractivity contribution is 5.96. The van der Waals surface area contributed by atoms with Gasteiger partial charge in [-0.3, -0.25) is 4.79 Å². The average Bonchev–Trinajstić information content (AvgIpc) is 3.35. The predicted octanol–water partition coefficient (Wildman–Crippen LogP) is 4.58. The van der Waals surface area contributed by atoms with Crippen LogP contribution in [0.25, 0.3) is 0 Å². The van der Waals surface area contributed by atoms with E-state index in [1.807, 2.05) is 0 Å². The van der Waals surface area contributed by atoms with E-state index in [4.69, 9.17) is 15.0 Å². The van der Waals surface area contributed by atoms with Crippen LogP contribution in [0.3, 0.4) is 0 Å². The smallest absolute Gasteiger partial charge is 0.208 e. The second-order valence-electron chi connectivity index (χ2n) is 10.5. The molecule has 4 aliphatic carbocycles. The number of oxime groups is 1. The molecule has 4 aliphatic rings. The zero-order valence-corrected chi connectivity index (χ0v) is 18.9. The van der Waals surface area contributed by atoms with Gasteiger partial charge in [-0.2, -0.15) is 0 Å². The number of carbonyl (C=O) groups is 1.